The molecule has 7 nitrogen and oxygen atoms in total. The molecule has 1 saturated heterocycles. The molecule has 114 valence electrons. The van der Waals surface area contributed by atoms with E-state index in [0.717, 1.165) is 0 Å². The topological polar surface area (TPSA) is 99.1 Å². The number of hydrogen-bond acceptors (Lipinski definition) is 7. The second-order valence-electron chi connectivity index (χ2n) is 4.40. The summed E-state index contributed by atoms with van der Waals surface area (Å²) in [5, 5.41) is 28.5. The molecule has 0 radical (unpaired) electrons. The first-order chi connectivity index (χ1) is 9.91. The van der Waals surface area contributed by atoms with Gasteiger partial charge in [-0.05, 0) is 0 Å². The molecule has 0 aromatic rings. The van der Waals surface area contributed by atoms with Crippen LogP contribution in [0.15, 0.2) is 0 Å². The van der Waals surface area contributed by atoms with E-state index in [1.165, 1.54) is 4.90 Å². The van der Waals surface area contributed by atoms with Gasteiger partial charge in [0, 0.05) is 6.54 Å². The van der Waals surface area contributed by atoms with E-state index in [-0.39, 0.29) is 26.3 Å². The zero-order chi connectivity index (χ0) is 15.9. The van der Waals surface area contributed by atoms with Crippen LogP contribution in [0.5, 0.6) is 0 Å². The molecule has 0 saturated carbocycles. The summed E-state index contributed by atoms with van der Waals surface area (Å²) in [5.74, 6) is 0. The Bertz CT molecular complexity index is 437. The molecule has 1 N–H and O–H groups in total. The molecular weight excluding hydrogens is 289 g/mol. The zero-order valence-corrected chi connectivity index (χ0v) is 11.0. The Balaban J connectivity index is 2.84. The third-order valence-electron chi connectivity index (χ3n) is 2.78. The van der Waals surface area contributed by atoms with Crippen LogP contribution >= 0.6 is 0 Å². The summed E-state index contributed by atoms with van der Waals surface area (Å²) in [4.78, 5) is 2.96. The van der Waals surface area contributed by atoms with Crippen molar-refractivity contribution < 1.29 is 17.9 Å². The predicted octanol–water partition coefficient (Wildman–Crippen LogP) is -0.0471. The molecule has 1 aliphatic heterocycles. The molecule has 0 aliphatic carbocycles. The van der Waals surface area contributed by atoms with Gasteiger partial charge < -0.3 is 10.1 Å². The molecule has 1 aliphatic rings. The third-order valence-corrected chi connectivity index (χ3v) is 2.78. The SMILES string of the molecule is N#CCN1CC(NC#N)C(OCC(F)(F)F)N(CC#N)C1. The van der Waals surface area contributed by atoms with E-state index < -0.39 is 25.1 Å². The van der Waals surface area contributed by atoms with E-state index in [1.54, 1.807) is 11.1 Å². The lowest BCUT2D eigenvalue weighted by atomic mass is 10.1. The van der Waals surface area contributed by atoms with Crippen LogP contribution in [0, 0.1) is 34.1 Å². The highest BCUT2D eigenvalue weighted by molar-refractivity contribution is 4.94. The van der Waals surface area contributed by atoms with Crippen LogP contribution in [0.1, 0.15) is 0 Å². The van der Waals surface area contributed by atoms with Gasteiger partial charge in [0.1, 0.15) is 12.8 Å². The molecule has 2 unspecified atom stereocenters. The van der Waals surface area contributed by atoms with Gasteiger partial charge in [-0.1, -0.05) is 0 Å². The fourth-order valence-electron chi connectivity index (χ4n) is 2.06. The third kappa shape index (κ3) is 5.44. The molecule has 0 amide bonds. The second kappa shape index (κ2) is 7.65. The minimum atomic E-state index is -4.50. The number of halogens is 3. The lowest BCUT2D eigenvalue weighted by Crippen LogP contribution is -2.63. The molecule has 0 aromatic carbocycles. The predicted molar refractivity (Wildman–Crippen MR) is 62.7 cm³/mol. The van der Waals surface area contributed by atoms with Crippen LogP contribution in [0.3, 0.4) is 0 Å². The highest BCUT2D eigenvalue weighted by Gasteiger charge is 2.38. The lowest BCUT2D eigenvalue weighted by molar-refractivity contribution is -0.217. The number of nitrogens with one attached hydrogen (secondary N) is 1. The van der Waals surface area contributed by atoms with E-state index in [2.05, 4.69) is 5.32 Å². The van der Waals surface area contributed by atoms with Gasteiger partial charge in [-0.25, -0.2) is 4.90 Å². The number of nitrogens with zero attached hydrogens (tertiary/aromatic N) is 5. The fraction of sp³-hybridized carbons (Fsp3) is 0.727. The summed E-state index contributed by atoms with van der Waals surface area (Å²) >= 11 is 0. The smallest absolute Gasteiger partial charge is 0.351 e. The van der Waals surface area contributed by atoms with Crippen molar-refractivity contribution in [3.63, 3.8) is 0 Å². The fourth-order valence-corrected chi connectivity index (χ4v) is 2.06. The summed E-state index contributed by atoms with van der Waals surface area (Å²) in [7, 11) is 0. The van der Waals surface area contributed by atoms with E-state index in [9.17, 15) is 13.2 Å². The van der Waals surface area contributed by atoms with Crippen molar-refractivity contribution in [1.82, 2.24) is 15.1 Å². The Kier molecular flexibility index (Phi) is 6.19. The monoisotopic (exact) mass is 302 g/mol. The van der Waals surface area contributed by atoms with Crippen LogP contribution < -0.4 is 5.32 Å². The lowest BCUT2D eigenvalue weighted by Gasteiger charge is -2.43. The largest absolute Gasteiger partial charge is 0.411 e. The molecule has 1 heterocycles. The van der Waals surface area contributed by atoms with Crippen LogP contribution in [-0.4, -0.2) is 61.2 Å². The van der Waals surface area contributed by atoms with Gasteiger partial charge in [0.05, 0.1) is 37.9 Å². The molecule has 0 spiro atoms. The maximum Gasteiger partial charge on any atom is 0.411 e. The number of nitriles is 3. The first-order valence-corrected chi connectivity index (χ1v) is 5.94. The molecule has 0 bridgehead atoms. The van der Waals surface area contributed by atoms with Crippen LogP contribution in [-0.2, 0) is 4.74 Å². The van der Waals surface area contributed by atoms with Gasteiger partial charge in [0.25, 0.3) is 0 Å². The number of alkyl halides is 3. The number of hydrogen-bond donors (Lipinski definition) is 1. The Hall–Kier alpha value is -2.06. The van der Waals surface area contributed by atoms with Gasteiger partial charge in [-0.3, -0.25) is 4.90 Å². The van der Waals surface area contributed by atoms with Crippen molar-refractivity contribution in [3.8, 4) is 18.3 Å². The summed E-state index contributed by atoms with van der Waals surface area (Å²) < 4.78 is 41.7. The maximum atomic E-state index is 12.3. The van der Waals surface area contributed by atoms with Crippen molar-refractivity contribution >= 4 is 0 Å². The average Bonchev–Trinajstić information content (AvgIpc) is 2.37. The minimum Gasteiger partial charge on any atom is -0.351 e. The van der Waals surface area contributed by atoms with Gasteiger partial charge in [-0.15, -0.1) is 0 Å². The van der Waals surface area contributed by atoms with Crippen molar-refractivity contribution in [3.05, 3.63) is 0 Å². The van der Waals surface area contributed by atoms with Crippen molar-refractivity contribution in [2.75, 3.05) is 32.9 Å². The molecule has 1 fully saturated rings. The number of rotatable bonds is 5. The zero-order valence-electron chi connectivity index (χ0n) is 11.0. The summed E-state index contributed by atoms with van der Waals surface area (Å²) in [6.45, 7) is -1.31. The Morgan fingerprint density at radius 3 is 2.38 bits per heavy atom. The molecule has 21 heavy (non-hydrogen) atoms. The Labute approximate surface area is 119 Å². The van der Waals surface area contributed by atoms with Crippen molar-refractivity contribution in [2.24, 2.45) is 0 Å². The van der Waals surface area contributed by atoms with Gasteiger partial charge in [0.15, 0.2) is 6.19 Å². The van der Waals surface area contributed by atoms with Gasteiger partial charge in [-0.2, -0.15) is 29.0 Å². The number of ether oxygens (including phenoxy) is 1. The van der Waals surface area contributed by atoms with Gasteiger partial charge >= 0.3 is 6.18 Å². The quantitative estimate of drug-likeness (QED) is 0.432. The standard InChI is InChI=1S/C11H13F3N6O/c12-11(13,14)6-21-10-9(18-7-17)5-19(3-1-15)8-20(10)4-2-16/h9-10,18H,3-6,8H2. The molecule has 10 heteroatoms. The molecular formula is C11H13F3N6O. The Morgan fingerprint density at radius 2 is 1.86 bits per heavy atom. The van der Waals surface area contributed by atoms with Gasteiger partial charge in [0.2, 0.25) is 0 Å². The minimum absolute atomic E-state index is 0.0392. The first-order valence-electron chi connectivity index (χ1n) is 5.94. The molecule has 2 atom stereocenters. The summed E-state index contributed by atoms with van der Waals surface area (Å²) in [6.07, 6.45) is -3.91. The average molecular weight is 302 g/mol. The maximum absolute atomic E-state index is 12.3. The first kappa shape index (κ1) is 17.0. The molecule has 0 aromatic heterocycles. The summed E-state index contributed by atoms with van der Waals surface area (Å²) in [6, 6.07) is 3.00. The molecule has 1 rings (SSSR count). The van der Waals surface area contributed by atoms with E-state index in [0.29, 0.717) is 0 Å². The second-order valence-corrected chi connectivity index (χ2v) is 4.40. The van der Waals surface area contributed by atoms with Crippen LogP contribution in [0.25, 0.3) is 0 Å². The summed E-state index contributed by atoms with van der Waals surface area (Å²) in [5.41, 5.74) is 0. The highest BCUT2D eigenvalue weighted by atomic mass is 19.4. The Morgan fingerprint density at radius 1 is 1.19 bits per heavy atom. The van der Waals surface area contributed by atoms with E-state index in [4.69, 9.17) is 20.5 Å². The van der Waals surface area contributed by atoms with Crippen LogP contribution in [0.4, 0.5) is 13.2 Å². The van der Waals surface area contributed by atoms with Crippen molar-refractivity contribution in [1.29, 1.82) is 15.8 Å². The van der Waals surface area contributed by atoms with E-state index >= 15 is 0 Å². The van der Waals surface area contributed by atoms with E-state index in [1.807, 2.05) is 12.1 Å². The highest BCUT2D eigenvalue weighted by Crippen LogP contribution is 2.20. The normalized spacial score (nSPS) is 23.8. The van der Waals surface area contributed by atoms with Crippen LogP contribution in [0.2, 0.25) is 0 Å². The van der Waals surface area contributed by atoms with Crippen molar-refractivity contribution in [2.45, 2.75) is 18.4 Å².